The summed E-state index contributed by atoms with van der Waals surface area (Å²) in [6, 6.07) is 9.56. The number of halogens is 1. The largest absolute Gasteiger partial charge is 0.497 e. The molecule has 1 N–H and O–H groups in total. The number of amides is 1. The molecule has 29 heavy (non-hydrogen) atoms. The zero-order valence-electron chi connectivity index (χ0n) is 16.3. The molecule has 0 fully saturated rings. The molecule has 2 aromatic carbocycles. The summed E-state index contributed by atoms with van der Waals surface area (Å²) < 4.78 is 35.5. The second kappa shape index (κ2) is 9.15. The van der Waals surface area contributed by atoms with E-state index in [0.717, 1.165) is 10.6 Å². The van der Waals surface area contributed by atoms with E-state index in [2.05, 4.69) is 10.1 Å². The standard InChI is InChI=1S/C19H21ClN2O6S/c1-12(22(29(4,25)26)14-6-5-7-15(11-14)27-2)18(23)21-13-8-9-17(20)16(10-13)19(24)28-3/h5-12H,1-4H3,(H,21,23). The fourth-order valence-electron chi connectivity index (χ4n) is 2.67. The van der Waals surface area contributed by atoms with Crippen molar-refractivity contribution in [1.29, 1.82) is 0 Å². The number of methoxy groups -OCH3 is 2. The van der Waals surface area contributed by atoms with Crippen molar-refractivity contribution < 1.29 is 27.5 Å². The number of hydrogen-bond donors (Lipinski definition) is 1. The number of rotatable bonds is 7. The summed E-state index contributed by atoms with van der Waals surface area (Å²) in [5, 5.41) is 2.76. The van der Waals surface area contributed by atoms with E-state index in [1.165, 1.54) is 45.4 Å². The summed E-state index contributed by atoms with van der Waals surface area (Å²) in [7, 11) is -1.12. The Morgan fingerprint density at radius 3 is 2.41 bits per heavy atom. The Morgan fingerprint density at radius 2 is 1.83 bits per heavy atom. The van der Waals surface area contributed by atoms with Crippen LogP contribution < -0.4 is 14.4 Å². The van der Waals surface area contributed by atoms with E-state index < -0.39 is 27.9 Å². The number of anilines is 2. The van der Waals surface area contributed by atoms with Gasteiger partial charge in [-0.2, -0.15) is 0 Å². The van der Waals surface area contributed by atoms with E-state index >= 15 is 0 Å². The van der Waals surface area contributed by atoms with Crippen molar-refractivity contribution in [3.63, 3.8) is 0 Å². The first-order valence-corrected chi connectivity index (χ1v) is 10.6. The Labute approximate surface area is 174 Å². The molecule has 0 aliphatic carbocycles. The molecule has 2 rings (SSSR count). The molecule has 8 nitrogen and oxygen atoms in total. The van der Waals surface area contributed by atoms with Gasteiger partial charge in [-0.05, 0) is 37.3 Å². The summed E-state index contributed by atoms with van der Waals surface area (Å²) >= 11 is 5.97. The average Bonchev–Trinajstić information content (AvgIpc) is 2.67. The second-order valence-corrected chi connectivity index (χ2v) is 8.38. The van der Waals surface area contributed by atoms with Crippen molar-refractivity contribution in [2.45, 2.75) is 13.0 Å². The summed E-state index contributed by atoms with van der Waals surface area (Å²) in [5.74, 6) is -0.811. The number of carbonyl (C=O) groups is 2. The van der Waals surface area contributed by atoms with Gasteiger partial charge in [-0.3, -0.25) is 9.10 Å². The molecule has 0 spiro atoms. The van der Waals surface area contributed by atoms with E-state index in [1.807, 2.05) is 0 Å². The van der Waals surface area contributed by atoms with Crippen LogP contribution in [0.5, 0.6) is 5.75 Å². The van der Waals surface area contributed by atoms with Crippen molar-refractivity contribution in [2.75, 3.05) is 30.1 Å². The smallest absolute Gasteiger partial charge is 0.339 e. The van der Waals surface area contributed by atoms with Gasteiger partial charge < -0.3 is 14.8 Å². The van der Waals surface area contributed by atoms with Gasteiger partial charge in [0.25, 0.3) is 0 Å². The van der Waals surface area contributed by atoms with Crippen LogP contribution in [0.25, 0.3) is 0 Å². The van der Waals surface area contributed by atoms with Crippen LogP contribution in [0.1, 0.15) is 17.3 Å². The van der Waals surface area contributed by atoms with Gasteiger partial charge in [0.05, 0.1) is 36.7 Å². The van der Waals surface area contributed by atoms with Gasteiger partial charge in [0.15, 0.2) is 0 Å². The Morgan fingerprint density at radius 1 is 1.14 bits per heavy atom. The van der Waals surface area contributed by atoms with Gasteiger partial charge in [0, 0.05) is 11.8 Å². The third kappa shape index (κ3) is 5.39. The number of hydrogen-bond acceptors (Lipinski definition) is 6. The van der Waals surface area contributed by atoms with E-state index in [4.69, 9.17) is 16.3 Å². The number of nitrogens with one attached hydrogen (secondary N) is 1. The van der Waals surface area contributed by atoms with Crippen LogP contribution >= 0.6 is 11.6 Å². The average molecular weight is 441 g/mol. The van der Waals surface area contributed by atoms with Gasteiger partial charge >= 0.3 is 5.97 Å². The fourth-order valence-corrected chi connectivity index (χ4v) is 4.03. The monoisotopic (exact) mass is 440 g/mol. The van der Waals surface area contributed by atoms with E-state index in [-0.39, 0.29) is 22.0 Å². The number of carbonyl (C=O) groups excluding carboxylic acids is 2. The molecule has 0 aliphatic heterocycles. The first-order chi connectivity index (χ1) is 13.6. The lowest BCUT2D eigenvalue weighted by atomic mass is 10.2. The summed E-state index contributed by atoms with van der Waals surface area (Å²) in [5.41, 5.74) is 0.624. The van der Waals surface area contributed by atoms with Gasteiger partial charge in [-0.25, -0.2) is 13.2 Å². The minimum Gasteiger partial charge on any atom is -0.497 e. The predicted octanol–water partition coefficient (Wildman–Crippen LogP) is 2.93. The van der Waals surface area contributed by atoms with Crippen LogP contribution in [0.4, 0.5) is 11.4 Å². The molecule has 0 aliphatic rings. The van der Waals surface area contributed by atoms with Gasteiger partial charge in [0.2, 0.25) is 15.9 Å². The van der Waals surface area contributed by atoms with Gasteiger partial charge in [-0.15, -0.1) is 0 Å². The highest BCUT2D eigenvalue weighted by Gasteiger charge is 2.29. The van der Waals surface area contributed by atoms with E-state index in [0.29, 0.717) is 5.75 Å². The van der Waals surface area contributed by atoms with Crippen molar-refractivity contribution in [3.8, 4) is 5.75 Å². The summed E-state index contributed by atoms with van der Waals surface area (Å²) in [4.78, 5) is 24.5. The molecule has 0 radical (unpaired) electrons. The lowest BCUT2D eigenvalue weighted by molar-refractivity contribution is -0.116. The van der Waals surface area contributed by atoms with Crippen LogP contribution in [0.15, 0.2) is 42.5 Å². The van der Waals surface area contributed by atoms with Crippen LogP contribution in [0.3, 0.4) is 0 Å². The topological polar surface area (TPSA) is 102 Å². The zero-order valence-corrected chi connectivity index (χ0v) is 17.9. The molecule has 10 heteroatoms. The molecule has 1 atom stereocenters. The third-order valence-electron chi connectivity index (χ3n) is 4.04. The van der Waals surface area contributed by atoms with E-state index in [1.54, 1.807) is 18.2 Å². The number of ether oxygens (including phenoxy) is 2. The van der Waals surface area contributed by atoms with Crippen molar-refractivity contribution >= 4 is 44.9 Å². The molecule has 0 saturated heterocycles. The Hall–Kier alpha value is -2.78. The predicted molar refractivity (Wildman–Crippen MR) is 111 cm³/mol. The Kier molecular flexibility index (Phi) is 7.10. The second-order valence-electron chi connectivity index (χ2n) is 6.11. The highest BCUT2D eigenvalue weighted by atomic mass is 35.5. The lowest BCUT2D eigenvalue weighted by Crippen LogP contribution is -2.45. The maximum Gasteiger partial charge on any atom is 0.339 e. The molecule has 0 saturated carbocycles. The molecule has 0 aromatic heterocycles. The van der Waals surface area contributed by atoms with Crippen LogP contribution in [-0.4, -0.2) is 46.8 Å². The van der Waals surface area contributed by atoms with Crippen molar-refractivity contribution in [1.82, 2.24) is 0 Å². The number of benzene rings is 2. The zero-order chi connectivity index (χ0) is 21.8. The van der Waals surface area contributed by atoms with Gasteiger partial charge in [0.1, 0.15) is 11.8 Å². The van der Waals surface area contributed by atoms with E-state index in [9.17, 15) is 18.0 Å². The quantitative estimate of drug-likeness (QED) is 0.664. The molecule has 1 amide bonds. The summed E-state index contributed by atoms with van der Waals surface area (Å²) in [6.45, 7) is 1.45. The molecule has 2 aromatic rings. The maximum absolute atomic E-state index is 12.8. The maximum atomic E-state index is 12.8. The first kappa shape index (κ1) is 22.5. The minimum absolute atomic E-state index is 0.0763. The molecule has 156 valence electrons. The first-order valence-electron chi connectivity index (χ1n) is 8.40. The minimum atomic E-state index is -3.79. The third-order valence-corrected chi connectivity index (χ3v) is 5.61. The molecular formula is C19H21ClN2O6S. The van der Waals surface area contributed by atoms with Crippen molar-refractivity contribution in [2.24, 2.45) is 0 Å². The Bertz CT molecular complexity index is 1030. The lowest BCUT2D eigenvalue weighted by Gasteiger charge is -2.28. The molecular weight excluding hydrogens is 420 g/mol. The number of esters is 1. The van der Waals surface area contributed by atoms with Crippen LogP contribution in [-0.2, 0) is 19.6 Å². The van der Waals surface area contributed by atoms with Gasteiger partial charge in [-0.1, -0.05) is 17.7 Å². The molecule has 0 heterocycles. The van der Waals surface area contributed by atoms with Crippen LogP contribution in [0.2, 0.25) is 5.02 Å². The highest BCUT2D eigenvalue weighted by molar-refractivity contribution is 7.92. The van der Waals surface area contributed by atoms with Crippen molar-refractivity contribution in [3.05, 3.63) is 53.1 Å². The van der Waals surface area contributed by atoms with Crippen LogP contribution in [0, 0.1) is 0 Å². The SMILES string of the molecule is COC(=O)c1cc(NC(=O)C(C)N(c2cccc(OC)c2)S(C)(=O)=O)ccc1Cl. The highest BCUT2D eigenvalue weighted by Crippen LogP contribution is 2.26. The molecule has 1 unspecified atom stereocenters. The normalized spacial score (nSPS) is 12.0. The number of sulfonamides is 1. The summed E-state index contributed by atoms with van der Waals surface area (Å²) in [6.07, 6.45) is 1.01. The fraction of sp³-hybridized carbons (Fsp3) is 0.263. The number of nitrogens with zero attached hydrogens (tertiary/aromatic N) is 1. The Balaban J connectivity index is 2.34. The molecule has 0 bridgehead atoms.